The van der Waals surface area contributed by atoms with Crippen LogP contribution in [0.4, 0.5) is 0 Å². The van der Waals surface area contributed by atoms with Gasteiger partial charge in [-0.3, -0.25) is 14.2 Å². The van der Waals surface area contributed by atoms with Crippen molar-refractivity contribution in [2.24, 2.45) is 11.0 Å². The van der Waals surface area contributed by atoms with Gasteiger partial charge in [-0.2, -0.15) is 5.10 Å². The average molecular weight is 415 g/mol. The number of nitrogens with one attached hydrogen (secondary N) is 1. The Bertz CT molecular complexity index is 1130. The first-order chi connectivity index (χ1) is 13.5. The SMILES string of the molecule is C[C@@H]1CCc2c(sc3ncn(CC(=O)NN=Cc4cccc(Cl)c4)c(=O)c23)C1. The zero-order valence-electron chi connectivity index (χ0n) is 15.3. The summed E-state index contributed by atoms with van der Waals surface area (Å²) < 4.78 is 1.34. The minimum Gasteiger partial charge on any atom is -0.289 e. The highest BCUT2D eigenvalue weighted by atomic mass is 35.5. The maximum absolute atomic E-state index is 12.9. The van der Waals surface area contributed by atoms with E-state index in [0.29, 0.717) is 16.3 Å². The van der Waals surface area contributed by atoms with E-state index in [1.165, 1.54) is 22.0 Å². The summed E-state index contributed by atoms with van der Waals surface area (Å²) in [5.41, 5.74) is 4.16. The Balaban J connectivity index is 1.51. The van der Waals surface area contributed by atoms with E-state index < -0.39 is 0 Å². The van der Waals surface area contributed by atoms with Gasteiger partial charge in [0.15, 0.2) is 0 Å². The number of halogens is 1. The number of carbonyl (C=O) groups excluding carboxylic acids is 1. The summed E-state index contributed by atoms with van der Waals surface area (Å²) in [6, 6.07) is 7.12. The Kier molecular flexibility index (Phi) is 5.28. The first-order valence-electron chi connectivity index (χ1n) is 9.08. The second-order valence-corrected chi connectivity index (χ2v) is 8.58. The van der Waals surface area contributed by atoms with Crippen LogP contribution >= 0.6 is 22.9 Å². The molecule has 0 fully saturated rings. The zero-order chi connectivity index (χ0) is 19.7. The van der Waals surface area contributed by atoms with Crippen molar-refractivity contribution in [3.8, 4) is 0 Å². The van der Waals surface area contributed by atoms with Crippen molar-refractivity contribution in [1.29, 1.82) is 0 Å². The predicted molar refractivity (Wildman–Crippen MR) is 112 cm³/mol. The van der Waals surface area contributed by atoms with Gasteiger partial charge < -0.3 is 0 Å². The Morgan fingerprint density at radius 3 is 3.18 bits per heavy atom. The number of nitrogens with zero attached hydrogens (tertiary/aromatic N) is 3. The van der Waals surface area contributed by atoms with Crippen LogP contribution in [-0.2, 0) is 24.2 Å². The van der Waals surface area contributed by atoms with Crippen molar-refractivity contribution in [3.05, 3.63) is 62.0 Å². The molecular formula is C20H19ClN4O2S. The van der Waals surface area contributed by atoms with Crippen molar-refractivity contribution in [2.45, 2.75) is 32.7 Å². The number of thiophene rings is 1. The molecule has 0 spiro atoms. The molecule has 1 N–H and O–H groups in total. The molecule has 2 heterocycles. The molecule has 0 bridgehead atoms. The van der Waals surface area contributed by atoms with E-state index in [2.05, 4.69) is 22.4 Å². The van der Waals surface area contributed by atoms with Gasteiger partial charge in [-0.15, -0.1) is 11.3 Å². The van der Waals surface area contributed by atoms with Crippen molar-refractivity contribution >= 4 is 45.3 Å². The van der Waals surface area contributed by atoms with E-state index in [0.717, 1.165) is 35.2 Å². The Morgan fingerprint density at radius 1 is 1.50 bits per heavy atom. The number of carbonyl (C=O) groups is 1. The van der Waals surface area contributed by atoms with Crippen LogP contribution in [0.5, 0.6) is 0 Å². The topological polar surface area (TPSA) is 76.3 Å². The number of fused-ring (bicyclic) bond motifs is 3. The number of hydrogen-bond donors (Lipinski definition) is 1. The van der Waals surface area contributed by atoms with Crippen molar-refractivity contribution in [3.63, 3.8) is 0 Å². The fourth-order valence-electron chi connectivity index (χ4n) is 3.43. The smallest absolute Gasteiger partial charge is 0.262 e. The monoisotopic (exact) mass is 414 g/mol. The minimum absolute atomic E-state index is 0.129. The highest BCUT2D eigenvalue weighted by Gasteiger charge is 2.23. The summed E-state index contributed by atoms with van der Waals surface area (Å²) in [6.07, 6.45) is 5.91. The predicted octanol–water partition coefficient (Wildman–Crippen LogP) is 3.39. The molecule has 6 nitrogen and oxygen atoms in total. The molecule has 0 radical (unpaired) electrons. The molecule has 0 saturated heterocycles. The van der Waals surface area contributed by atoms with Crippen molar-refractivity contribution in [2.75, 3.05) is 0 Å². The van der Waals surface area contributed by atoms with Gasteiger partial charge in [0.1, 0.15) is 11.4 Å². The molecule has 4 rings (SSSR count). The summed E-state index contributed by atoms with van der Waals surface area (Å²) in [5, 5.41) is 5.19. The molecule has 8 heteroatoms. The number of rotatable bonds is 4. The third-order valence-corrected chi connectivity index (χ3v) is 6.25. The largest absolute Gasteiger partial charge is 0.289 e. The normalized spacial score (nSPS) is 16.4. The standard InChI is InChI=1S/C20H19ClN4O2S/c1-12-5-6-15-16(7-12)28-19-18(15)20(27)25(11-22-19)10-17(26)24-23-9-13-3-2-4-14(21)8-13/h2-4,8-9,11-12H,5-7,10H2,1H3,(H,24,26)/t12-/m1/s1. The first kappa shape index (κ1) is 18.8. The van der Waals surface area contributed by atoms with Crippen molar-refractivity contribution < 1.29 is 4.79 Å². The fraction of sp³-hybridized carbons (Fsp3) is 0.300. The Hall–Kier alpha value is -2.51. The van der Waals surface area contributed by atoms with E-state index in [1.54, 1.807) is 29.5 Å². The van der Waals surface area contributed by atoms with E-state index in [4.69, 9.17) is 11.6 Å². The lowest BCUT2D eigenvalue weighted by Crippen LogP contribution is -2.30. The molecular weight excluding hydrogens is 396 g/mol. The number of amides is 1. The van der Waals surface area contributed by atoms with Crippen LogP contribution in [0, 0.1) is 5.92 Å². The maximum atomic E-state index is 12.9. The maximum Gasteiger partial charge on any atom is 0.262 e. The van der Waals surface area contributed by atoms with Crippen LogP contribution in [0.15, 0.2) is 40.5 Å². The molecule has 3 aromatic rings. The summed E-state index contributed by atoms with van der Waals surface area (Å²) in [7, 11) is 0. The summed E-state index contributed by atoms with van der Waals surface area (Å²) in [5.74, 6) is 0.241. The number of benzene rings is 1. The van der Waals surface area contributed by atoms with Gasteiger partial charge in [0, 0.05) is 9.90 Å². The van der Waals surface area contributed by atoms with E-state index in [-0.39, 0.29) is 18.0 Å². The van der Waals surface area contributed by atoms with Crippen LogP contribution < -0.4 is 11.0 Å². The first-order valence-corrected chi connectivity index (χ1v) is 10.3. The van der Waals surface area contributed by atoms with Gasteiger partial charge in [-0.1, -0.05) is 30.7 Å². The van der Waals surface area contributed by atoms with Gasteiger partial charge in [0.2, 0.25) is 0 Å². The summed E-state index contributed by atoms with van der Waals surface area (Å²) >= 11 is 7.51. The number of aromatic nitrogens is 2. The molecule has 1 aliphatic carbocycles. The summed E-state index contributed by atoms with van der Waals surface area (Å²) in [4.78, 5) is 31.5. The average Bonchev–Trinajstić information content (AvgIpc) is 3.02. The molecule has 1 atom stereocenters. The fourth-order valence-corrected chi connectivity index (χ4v) is 4.97. The molecule has 1 aliphatic rings. The third-order valence-electron chi connectivity index (χ3n) is 4.85. The minimum atomic E-state index is -0.390. The van der Waals surface area contributed by atoms with Crippen LogP contribution in [0.2, 0.25) is 5.02 Å². The molecule has 0 aliphatic heterocycles. The highest BCUT2D eigenvalue weighted by Crippen LogP contribution is 2.35. The van der Waals surface area contributed by atoms with E-state index in [1.807, 2.05) is 6.07 Å². The van der Waals surface area contributed by atoms with Gasteiger partial charge in [0.05, 0.1) is 17.9 Å². The van der Waals surface area contributed by atoms with Gasteiger partial charge in [-0.25, -0.2) is 10.4 Å². The number of hydrogen-bond acceptors (Lipinski definition) is 5. The van der Waals surface area contributed by atoms with E-state index >= 15 is 0 Å². The molecule has 144 valence electrons. The van der Waals surface area contributed by atoms with Crippen LogP contribution in [0.3, 0.4) is 0 Å². The van der Waals surface area contributed by atoms with Gasteiger partial charge in [0.25, 0.3) is 11.5 Å². The van der Waals surface area contributed by atoms with Gasteiger partial charge in [-0.05, 0) is 48.4 Å². The van der Waals surface area contributed by atoms with Crippen LogP contribution in [0.25, 0.3) is 10.2 Å². The second-order valence-electron chi connectivity index (χ2n) is 7.06. The lowest BCUT2D eigenvalue weighted by Gasteiger charge is -2.17. The zero-order valence-corrected chi connectivity index (χ0v) is 16.9. The molecule has 1 aromatic carbocycles. The quantitative estimate of drug-likeness (QED) is 0.525. The summed E-state index contributed by atoms with van der Waals surface area (Å²) in [6.45, 7) is 2.10. The highest BCUT2D eigenvalue weighted by molar-refractivity contribution is 7.18. The van der Waals surface area contributed by atoms with E-state index in [9.17, 15) is 9.59 Å². The van der Waals surface area contributed by atoms with Crippen LogP contribution in [0.1, 0.15) is 29.3 Å². The van der Waals surface area contributed by atoms with Gasteiger partial charge >= 0.3 is 0 Å². The Labute approximate surface area is 170 Å². The molecule has 0 saturated carbocycles. The number of aryl methyl sites for hydroxylation is 1. The molecule has 0 unspecified atom stereocenters. The lowest BCUT2D eigenvalue weighted by molar-refractivity contribution is -0.121. The number of hydrazone groups is 1. The molecule has 2 aromatic heterocycles. The molecule has 1 amide bonds. The Morgan fingerprint density at radius 2 is 2.36 bits per heavy atom. The third kappa shape index (κ3) is 3.86. The van der Waals surface area contributed by atoms with Crippen molar-refractivity contribution in [1.82, 2.24) is 15.0 Å². The van der Waals surface area contributed by atoms with Crippen LogP contribution in [-0.4, -0.2) is 21.7 Å². The second kappa shape index (κ2) is 7.85. The lowest BCUT2D eigenvalue weighted by atomic mass is 9.89. The molecule has 28 heavy (non-hydrogen) atoms.